The lowest BCUT2D eigenvalue weighted by atomic mass is 10.1. The standard InChI is InChI=1S/C8H13BrN4/c1-4-5-6(10-2)7-8(9)11-12-13(7)3/h4,6,10H,1,5H2,2-3H3. The smallest absolute Gasteiger partial charge is 0.153 e. The molecule has 0 aliphatic rings. The summed E-state index contributed by atoms with van der Waals surface area (Å²) in [7, 11) is 3.79. The summed E-state index contributed by atoms with van der Waals surface area (Å²) in [6, 6.07) is 0.215. The Morgan fingerprint density at radius 2 is 2.46 bits per heavy atom. The fourth-order valence-electron chi connectivity index (χ4n) is 1.24. The second-order valence-corrected chi connectivity index (χ2v) is 3.51. The third-order valence-corrected chi connectivity index (χ3v) is 2.47. The predicted octanol–water partition coefficient (Wildman–Crippen LogP) is 1.41. The van der Waals surface area contributed by atoms with E-state index in [9.17, 15) is 0 Å². The zero-order valence-corrected chi connectivity index (χ0v) is 9.37. The Kier molecular flexibility index (Phi) is 3.62. The molecule has 1 aromatic rings. The molecule has 0 bridgehead atoms. The van der Waals surface area contributed by atoms with Crippen LogP contribution in [-0.4, -0.2) is 22.0 Å². The highest BCUT2D eigenvalue weighted by molar-refractivity contribution is 9.10. The Balaban J connectivity index is 2.95. The largest absolute Gasteiger partial charge is 0.311 e. The van der Waals surface area contributed by atoms with E-state index in [-0.39, 0.29) is 6.04 Å². The van der Waals surface area contributed by atoms with Crippen LogP contribution in [0.15, 0.2) is 17.3 Å². The van der Waals surface area contributed by atoms with Crippen molar-refractivity contribution < 1.29 is 0 Å². The van der Waals surface area contributed by atoms with E-state index in [0.717, 1.165) is 16.7 Å². The Morgan fingerprint density at radius 3 is 2.85 bits per heavy atom. The topological polar surface area (TPSA) is 42.7 Å². The normalized spacial score (nSPS) is 12.8. The summed E-state index contributed by atoms with van der Waals surface area (Å²) in [6.45, 7) is 3.71. The van der Waals surface area contributed by atoms with E-state index in [1.807, 2.05) is 20.2 Å². The Bertz CT molecular complexity index is 275. The number of hydrogen-bond acceptors (Lipinski definition) is 3. The van der Waals surface area contributed by atoms with Gasteiger partial charge in [-0.3, -0.25) is 0 Å². The van der Waals surface area contributed by atoms with Crippen LogP contribution in [-0.2, 0) is 7.05 Å². The van der Waals surface area contributed by atoms with E-state index in [4.69, 9.17) is 0 Å². The molecule has 1 aromatic heterocycles. The van der Waals surface area contributed by atoms with Gasteiger partial charge in [0.1, 0.15) is 0 Å². The van der Waals surface area contributed by atoms with Gasteiger partial charge in [0.15, 0.2) is 4.60 Å². The molecular weight excluding hydrogens is 232 g/mol. The van der Waals surface area contributed by atoms with Gasteiger partial charge in [0, 0.05) is 7.05 Å². The van der Waals surface area contributed by atoms with E-state index in [1.165, 1.54) is 0 Å². The predicted molar refractivity (Wildman–Crippen MR) is 55.3 cm³/mol. The van der Waals surface area contributed by atoms with E-state index in [2.05, 4.69) is 38.1 Å². The highest BCUT2D eigenvalue weighted by atomic mass is 79.9. The molecule has 0 saturated heterocycles. The Hall–Kier alpha value is -0.680. The van der Waals surface area contributed by atoms with Gasteiger partial charge in [-0.1, -0.05) is 11.3 Å². The molecule has 0 aliphatic heterocycles. The molecule has 4 nitrogen and oxygen atoms in total. The first kappa shape index (κ1) is 10.4. The van der Waals surface area contributed by atoms with Crippen LogP contribution in [0.3, 0.4) is 0 Å². The van der Waals surface area contributed by atoms with Gasteiger partial charge >= 0.3 is 0 Å². The molecule has 1 N–H and O–H groups in total. The minimum Gasteiger partial charge on any atom is -0.311 e. The lowest BCUT2D eigenvalue weighted by Crippen LogP contribution is -2.19. The van der Waals surface area contributed by atoms with Crippen LogP contribution in [0.25, 0.3) is 0 Å². The molecule has 0 aromatic carbocycles. The molecule has 1 unspecified atom stereocenters. The maximum atomic E-state index is 3.92. The maximum Gasteiger partial charge on any atom is 0.153 e. The molecule has 0 radical (unpaired) electrons. The number of nitrogens with one attached hydrogen (secondary N) is 1. The molecule has 13 heavy (non-hydrogen) atoms. The molecule has 0 fully saturated rings. The minimum atomic E-state index is 0.215. The summed E-state index contributed by atoms with van der Waals surface area (Å²) in [5, 5.41) is 11.0. The van der Waals surface area contributed by atoms with Crippen molar-refractivity contribution in [1.29, 1.82) is 0 Å². The van der Waals surface area contributed by atoms with Crippen molar-refractivity contribution in [2.24, 2.45) is 7.05 Å². The van der Waals surface area contributed by atoms with E-state index >= 15 is 0 Å². The monoisotopic (exact) mass is 244 g/mol. The van der Waals surface area contributed by atoms with Crippen LogP contribution in [0.4, 0.5) is 0 Å². The first-order chi connectivity index (χ1) is 6.20. The van der Waals surface area contributed by atoms with Crippen LogP contribution in [0.1, 0.15) is 18.2 Å². The first-order valence-electron chi connectivity index (χ1n) is 4.04. The van der Waals surface area contributed by atoms with Crippen LogP contribution in [0.2, 0.25) is 0 Å². The van der Waals surface area contributed by atoms with Crippen molar-refractivity contribution >= 4 is 15.9 Å². The van der Waals surface area contributed by atoms with Crippen LogP contribution < -0.4 is 5.32 Å². The second kappa shape index (κ2) is 4.53. The lowest BCUT2D eigenvalue weighted by molar-refractivity contribution is 0.541. The zero-order valence-electron chi connectivity index (χ0n) is 7.79. The lowest BCUT2D eigenvalue weighted by Gasteiger charge is -2.13. The highest BCUT2D eigenvalue weighted by Gasteiger charge is 2.16. The molecule has 1 heterocycles. The third kappa shape index (κ3) is 2.16. The molecule has 1 rings (SSSR count). The van der Waals surface area contributed by atoms with Gasteiger partial charge < -0.3 is 5.32 Å². The highest BCUT2D eigenvalue weighted by Crippen LogP contribution is 2.22. The van der Waals surface area contributed by atoms with Gasteiger partial charge in [0.2, 0.25) is 0 Å². The fourth-order valence-corrected chi connectivity index (χ4v) is 1.85. The molecule has 0 amide bonds. The quantitative estimate of drug-likeness (QED) is 0.815. The summed E-state index contributed by atoms with van der Waals surface area (Å²) >= 11 is 3.36. The van der Waals surface area contributed by atoms with Crippen molar-refractivity contribution in [2.75, 3.05) is 7.05 Å². The van der Waals surface area contributed by atoms with Gasteiger partial charge in [-0.2, -0.15) is 0 Å². The van der Waals surface area contributed by atoms with Crippen molar-refractivity contribution in [2.45, 2.75) is 12.5 Å². The summed E-state index contributed by atoms with van der Waals surface area (Å²) < 4.78 is 2.55. The van der Waals surface area contributed by atoms with Gasteiger partial charge in [-0.05, 0) is 29.4 Å². The first-order valence-corrected chi connectivity index (χ1v) is 4.83. The van der Waals surface area contributed by atoms with E-state index in [0.29, 0.717) is 0 Å². The van der Waals surface area contributed by atoms with E-state index in [1.54, 1.807) is 4.68 Å². The molecule has 1 atom stereocenters. The second-order valence-electron chi connectivity index (χ2n) is 2.75. The zero-order chi connectivity index (χ0) is 9.84. The van der Waals surface area contributed by atoms with Gasteiger partial charge in [-0.15, -0.1) is 11.7 Å². The van der Waals surface area contributed by atoms with Crippen LogP contribution in [0.5, 0.6) is 0 Å². The molecule has 0 aliphatic carbocycles. The molecule has 0 saturated carbocycles. The molecule has 5 heteroatoms. The number of aryl methyl sites for hydroxylation is 1. The van der Waals surface area contributed by atoms with Crippen molar-refractivity contribution in [3.63, 3.8) is 0 Å². The van der Waals surface area contributed by atoms with Crippen LogP contribution >= 0.6 is 15.9 Å². The van der Waals surface area contributed by atoms with Crippen molar-refractivity contribution in [1.82, 2.24) is 20.3 Å². The molecule has 0 spiro atoms. The van der Waals surface area contributed by atoms with Crippen molar-refractivity contribution in [3.05, 3.63) is 23.0 Å². The Labute approximate surface area is 86.1 Å². The molecular formula is C8H13BrN4. The Morgan fingerprint density at radius 1 is 1.77 bits per heavy atom. The van der Waals surface area contributed by atoms with Crippen LogP contribution in [0, 0.1) is 0 Å². The minimum absolute atomic E-state index is 0.215. The van der Waals surface area contributed by atoms with Gasteiger partial charge in [-0.25, -0.2) is 4.68 Å². The van der Waals surface area contributed by atoms with Crippen molar-refractivity contribution in [3.8, 4) is 0 Å². The fraction of sp³-hybridized carbons (Fsp3) is 0.500. The number of halogens is 1. The summed E-state index contributed by atoms with van der Waals surface area (Å²) in [5.74, 6) is 0. The van der Waals surface area contributed by atoms with Gasteiger partial charge in [0.25, 0.3) is 0 Å². The SMILES string of the molecule is C=CCC(NC)c1c(Br)nnn1C. The van der Waals surface area contributed by atoms with E-state index < -0.39 is 0 Å². The molecule has 72 valence electrons. The number of nitrogens with zero attached hydrogens (tertiary/aromatic N) is 3. The summed E-state index contributed by atoms with van der Waals surface area (Å²) in [6.07, 6.45) is 2.73. The summed E-state index contributed by atoms with van der Waals surface area (Å²) in [4.78, 5) is 0. The maximum absolute atomic E-state index is 3.92. The number of rotatable bonds is 4. The number of hydrogen-bond donors (Lipinski definition) is 1. The number of aromatic nitrogens is 3. The third-order valence-electron chi connectivity index (χ3n) is 1.91. The average Bonchev–Trinajstić information content (AvgIpc) is 2.43. The summed E-state index contributed by atoms with van der Waals surface area (Å²) in [5.41, 5.74) is 1.04. The van der Waals surface area contributed by atoms with Gasteiger partial charge in [0.05, 0.1) is 11.7 Å². The average molecular weight is 245 g/mol.